The predicted molar refractivity (Wildman–Crippen MR) is 72.0 cm³/mol. The highest BCUT2D eigenvalue weighted by Crippen LogP contribution is 2.31. The van der Waals surface area contributed by atoms with Crippen molar-refractivity contribution in [2.75, 3.05) is 26.2 Å². The first-order valence-corrected chi connectivity index (χ1v) is 6.64. The molecule has 1 fully saturated rings. The van der Waals surface area contributed by atoms with E-state index in [0.717, 1.165) is 31.7 Å². The zero-order valence-corrected chi connectivity index (χ0v) is 11.1. The van der Waals surface area contributed by atoms with Crippen LogP contribution in [0.15, 0.2) is 18.2 Å². The number of nitrogens with one attached hydrogen (secondary N) is 1. The molecule has 0 saturated carbocycles. The Bertz CT molecular complexity index is 391. The van der Waals surface area contributed by atoms with Crippen molar-refractivity contribution in [1.82, 2.24) is 10.2 Å². The highest BCUT2D eigenvalue weighted by Gasteiger charge is 2.24. The topological polar surface area (TPSA) is 44.7 Å². The molecule has 1 saturated heterocycles. The van der Waals surface area contributed by atoms with Gasteiger partial charge in [-0.15, -0.1) is 0 Å². The van der Waals surface area contributed by atoms with Gasteiger partial charge >= 0.3 is 0 Å². The number of hydrogen-bond donors (Lipinski definition) is 2. The van der Waals surface area contributed by atoms with Crippen LogP contribution in [0, 0.1) is 0 Å². The number of rotatable bonds is 6. The molecule has 0 aromatic heterocycles. The maximum Gasteiger partial charge on any atom is 0.162 e. The molecule has 0 unspecified atom stereocenters. The summed E-state index contributed by atoms with van der Waals surface area (Å²) < 4.78 is 5.41. The summed E-state index contributed by atoms with van der Waals surface area (Å²) in [6, 6.07) is 6.30. The van der Waals surface area contributed by atoms with E-state index in [-0.39, 0.29) is 5.75 Å². The lowest BCUT2D eigenvalue weighted by atomic mass is 10.1. The molecule has 2 rings (SSSR count). The molecule has 4 heteroatoms. The molecule has 1 aliphatic heterocycles. The Kier molecular flexibility index (Phi) is 4.44. The molecule has 0 spiro atoms. The van der Waals surface area contributed by atoms with Crippen LogP contribution < -0.4 is 10.1 Å². The van der Waals surface area contributed by atoms with Crippen molar-refractivity contribution in [2.24, 2.45) is 0 Å². The summed E-state index contributed by atoms with van der Waals surface area (Å²) in [5.74, 6) is 0.864. The molecule has 0 atom stereocenters. The summed E-state index contributed by atoms with van der Waals surface area (Å²) in [5.41, 5.74) is 0.940. The third kappa shape index (κ3) is 2.76. The Hall–Kier alpha value is -1.26. The number of phenols is 1. The standard InChI is InChI=1S/C14H22N2O2/c1-3-16(12-8-15-9-12)10-11-6-5-7-13(14(11)17)18-4-2/h5-7,12,15,17H,3-4,8-10H2,1-2H3. The quantitative estimate of drug-likeness (QED) is 0.804. The number of phenolic OH excluding ortho intramolecular Hbond substituents is 1. The van der Waals surface area contributed by atoms with Crippen LogP contribution in [0.3, 0.4) is 0 Å². The Morgan fingerprint density at radius 3 is 2.72 bits per heavy atom. The fourth-order valence-electron chi connectivity index (χ4n) is 2.22. The lowest BCUT2D eigenvalue weighted by molar-refractivity contribution is 0.143. The van der Waals surface area contributed by atoms with Gasteiger partial charge in [0.1, 0.15) is 0 Å². The largest absolute Gasteiger partial charge is 0.504 e. The van der Waals surface area contributed by atoms with Crippen LogP contribution in [0.1, 0.15) is 19.4 Å². The molecule has 18 heavy (non-hydrogen) atoms. The van der Waals surface area contributed by atoms with Gasteiger partial charge in [-0.2, -0.15) is 0 Å². The number of benzene rings is 1. The van der Waals surface area contributed by atoms with Crippen LogP contribution in [0.2, 0.25) is 0 Å². The van der Waals surface area contributed by atoms with Gasteiger partial charge in [0.25, 0.3) is 0 Å². The summed E-state index contributed by atoms with van der Waals surface area (Å²) in [5, 5.41) is 13.4. The first-order valence-electron chi connectivity index (χ1n) is 6.64. The highest BCUT2D eigenvalue weighted by atomic mass is 16.5. The van der Waals surface area contributed by atoms with Crippen LogP contribution in [-0.2, 0) is 6.54 Å². The zero-order chi connectivity index (χ0) is 13.0. The first-order chi connectivity index (χ1) is 8.76. The Balaban J connectivity index is 2.09. The fraction of sp³-hybridized carbons (Fsp3) is 0.571. The third-order valence-corrected chi connectivity index (χ3v) is 3.44. The van der Waals surface area contributed by atoms with E-state index < -0.39 is 0 Å². The summed E-state index contributed by atoms with van der Waals surface area (Å²) in [7, 11) is 0. The number of aromatic hydroxyl groups is 1. The van der Waals surface area contributed by atoms with Crippen molar-refractivity contribution in [1.29, 1.82) is 0 Å². The van der Waals surface area contributed by atoms with Crippen LogP contribution in [0.5, 0.6) is 11.5 Å². The van der Waals surface area contributed by atoms with E-state index in [1.807, 2.05) is 25.1 Å². The van der Waals surface area contributed by atoms with Crippen LogP contribution in [0.4, 0.5) is 0 Å². The van der Waals surface area contributed by atoms with E-state index in [1.54, 1.807) is 0 Å². The van der Waals surface area contributed by atoms with Gasteiger partial charge < -0.3 is 15.2 Å². The lowest BCUT2D eigenvalue weighted by Gasteiger charge is -2.37. The van der Waals surface area contributed by atoms with Crippen molar-refractivity contribution in [2.45, 2.75) is 26.4 Å². The number of ether oxygens (including phenoxy) is 1. The van der Waals surface area contributed by atoms with Gasteiger partial charge in [-0.25, -0.2) is 0 Å². The van der Waals surface area contributed by atoms with Gasteiger partial charge in [-0.1, -0.05) is 19.1 Å². The van der Waals surface area contributed by atoms with Gasteiger partial charge in [0.05, 0.1) is 6.61 Å². The van der Waals surface area contributed by atoms with E-state index in [1.165, 1.54) is 0 Å². The van der Waals surface area contributed by atoms with Crippen molar-refractivity contribution in [3.05, 3.63) is 23.8 Å². The average Bonchev–Trinajstić information content (AvgIpc) is 2.31. The van der Waals surface area contributed by atoms with Gasteiger partial charge in [-0.3, -0.25) is 4.90 Å². The minimum Gasteiger partial charge on any atom is -0.504 e. The van der Waals surface area contributed by atoms with Crippen LogP contribution in [-0.4, -0.2) is 42.3 Å². The number of para-hydroxylation sites is 1. The van der Waals surface area contributed by atoms with Gasteiger partial charge in [-0.05, 0) is 19.5 Å². The molecule has 1 aromatic carbocycles. The van der Waals surface area contributed by atoms with E-state index in [4.69, 9.17) is 4.74 Å². The van der Waals surface area contributed by atoms with Crippen LogP contribution in [0.25, 0.3) is 0 Å². The monoisotopic (exact) mass is 250 g/mol. The van der Waals surface area contributed by atoms with E-state index in [9.17, 15) is 5.11 Å². The molecule has 0 aliphatic carbocycles. The highest BCUT2D eigenvalue weighted by molar-refractivity contribution is 5.45. The van der Waals surface area contributed by atoms with Crippen molar-refractivity contribution >= 4 is 0 Å². The van der Waals surface area contributed by atoms with E-state index in [2.05, 4.69) is 17.1 Å². The Labute approximate surface area is 109 Å². The lowest BCUT2D eigenvalue weighted by Crippen LogP contribution is -2.56. The summed E-state index contributed by atoms with van der Waals surface area (Å²) in [6.07, 6.45) is 0. The van der Waals surface area contributed by atoms with Crippen molar-refractivity contribution in [3.8, 4) is 11.5 Å². The molecular formula is C14H22N2O2. The second-order valence-corrected chi connectivity index (χ2v) is 4.57. The van der Waals surface area contributed by atoms with Crippen LogP contribution >= 0.6 is 0 Å². The van der Waals surface area contributed by atoms with Crippen molar-refractivity contribution in [3.63, 3.8) is 0 Å². The second-order valence-electron chi connectivity index (χ2n) is 4.57. The molecular weight excluding hydrogens is 228 g/mol. The summed E-state index contributed by atoms with van der Waals surface area (Å²) in [4.78, 5) is 2.38. The molecule has 2 N–H and O–H groups in total. The summed E-state index contributed by atoms with van der Waals surface area (Å²) in [6.45, 7) is 8.49. The molecule has 100 valence electrons. The number of nitrogens with zero attached hydrogens (tertiary/aromatic N) is 1. The molecule has 4 nitrogen and oxygen atoms in total. The molecule has 1 aromatic rings. The Morgan fingerprint density at radius 2 is 2.17 bits per heavy atom. The fourth-order valence-corrected chi connectivity index (χ4v) is 2.22. The normalized spacial score (nSPS) is 15.7. The SMILES string of the molecule is CCOc1cccc(CN(CC)C2CNC2)c1O. The summed E-state index contributed by atoms with van der Waals surface area (Å²) >= 11 is 0. The van der Waals surface area contributed by atoms with E-state index >= 15 is 0 Å². The molecule has 0 amide bonds. The predicted octanol–water partition coefficient (Wildman–Crippen LogP) is 1.58. The molecule has 0 radical (unpaired) electrons. The minimum absolute atomic E-state index is 0.282. The second kappa shape index (κ2) is 6.07. The van der Waals surface area contributed by atoms with Crippen molar-refractivity contribution < 1.29 is 9.84 Å². The van der Waals surface area contributed by atoms with Gasteiger partial charge in [0.15, 0.2) is 11.5 Å². The minimum atomic E-state index is 0.282. The maximum absolute atomic E-state index is 10.2. The van der Waals surface area contributed by atoms with Gasteiger partial charge in [0.2, 0.25) is 0 Å². The van der Waals surface area contributed by atoms with E-state index in [0.29, 0.717) is 18.4 Å². The molecule has 1 aliphatic rings. The number of hydrogen-bond acceptors (Lipinski definition) is 4. The van der Waals surface area contributed by atoms with Gasteiger partial charge in [0, 0.05) is 31.2 Å². The maximum atomic E-state index is 10.2. The Morgan fingerprint density at radius 1 is 1.39 bits per heavy atom. The average molecular weight is 250 g/mol. The third-order valence-electron chi connectivity index (χ3n) is 3.44. The number of likely N-dealkylation sites (N-methyl/N-ethyl adjacent to an activating group) is 1. The first kappa shape index (κ1) is 13.2. The smallest absolute Gasteiger partial charge is 0.162 e. The molecule has 1 heterocycles. The molecule has 0 bridgehead atoms. The zero-order valence-electron chi connectivity index (χ0n) is 11.1.